The number of imidazole rings is 1. The third-order valence-electron chi connectivity index (χ3n) is 4.73. The first-order valence-electron chi connectivity index (χ1n) is 8.83. The van der Waals surface area contributed by atoms with Crippen LogP contribution < -0.4 is 5.73 Å². The average molecular weight is 368 g/mol. The molecule has 0 spiro atoms. The number of nitrogens with two attached hydrogens (primary N) is 1. The minimum atomic E-state index is -0.631. The Labute approximate surface area is 159 Å². The maximum atomic E-state index is 11.5. The van der Waals surface area contributed by atoms with Gasteiger partial charge in [0.25, 0.3) is 5.91 Å². The predicted octanol–water partition coefficient (Wildman–Crippen LogP) is 3.12. The maximum absolute atomic E-state index is 11.5. The van der Waals surface area contributed by atoms with E-state index in [-0.39, 0.29) is 5.82 Å². The molecule has 0 aliphatic heterocycles. The van der Waals surface area contributed by atoms with Gasteiger partial charge in [0.2, 0.25) is 5.82 Å². The molecule has 5 rings (SSSR count). The number of nitrogens with zero attached hydrogens (tertiary/aromatic N) is 4. The average Bonchev–Trinajstić information content (AvgIpc) is 3.29. The van der Waals surface area contributed by atoms with Crippen molar-refractivity contribution < 1.29 is 4.79 Å². The second-order valence-corrected chi connectivity index (χ2v) is 6.56. The van der Waals surface area contributed by atoms with Crippen LogP contribution in [0.15, 0.2) is 67.0 Å². The summed E-state index contributed by atoms with van der Waals surface area (Å²) in [7, 11) is 0. The van der Waals surface area contributed by atoms with Crippen LogP contribution in [0.3, 0.4) is 0 Å². The third kappa shape index (κ3) is 2.69. The van der Waals surface area contributed by atoms with Gasteiger partial charge in [-0.05, 0) is 29.8 Å². The molecule has 0 unspecified atom stereocenters. The fraction of sp³-hybridized carbons (Fsp3) is 0.0476. The number of hydrogen-bond acceptors (Lipinski definition) is 4. The molecular weight excluding hydrogens is 352 g/mol. The van der Waals surface area contributed by atoms with Gasteiger partial charge in [-0.3, -0.25) is 19.6 Å². The van der Waals surface area contributed by atoms with Crippen molar-refractivity contribution in [1.29, 1.82) is 0 Å². The molecule has 0 saturated carbocycles. The van der Waals surface area contributed by atoms with Gasteiger partial charge < -0.3 is 5.73 Å². The Morgan fingerprint density at radius 2 is 1.71 bits per heavy atom. The number of pyridine rings is 1. The van der Waals surface area contributed by atoms with E-state index >= 15 is 0 Å². The van der Waals surface area contributed by atoms with Crippen LogP contribution in [0, 0.1) is 0 Å². The lowest BCUT2D eigenvalue weighted by Crippen LogP contribution is -2.12. The molecule has 0 bridgehead atoms. The number of benzene rings is 2. The van der Waals surface area contributed by atoms with E-state index in [9.17, 15) is 4.79 Å². The molecule has 3 heterocycles. The number of aromatic amines is 1. The van der Waals surface area contributed by atoms with E-state index in [1.165, 1.54) is 5.56 Å². The minimum absolute atomic E-state index is 0.0340. The number of rotatable bonds is 4. The second-order valence-electron chi connectivity index (χ2n) is 6.56. The topological polar surface area (TPSA) is 102 Å². The van der Waals surface area contributed by atoms with Gasteiger partial charge in [0.05, 0.1) is 28.8 Å². The third-order valence-corrected chi connectivity index (χ3v) is 4.73. The van der Waals surface area contributed by atoms with Crippen LogP contribution in [0.4, 0.5) is 0 Å². The molecule has 28 heavy (non-hydrogen) atoms. The quantitative estimate of drug-likeness (QED) is 0.509. The highest BCUT2D eigenvalue weighted by Gasteiger charge is 2.16. The van der Waals surface area contributed by atoms with Crippen molar-refractivity contribution in [2.75, 3.05) is 0 Å². The van der Waals surface area contributed by atoms with Crippen molar-refractivity contribution >= 4 is 27.8 Å². The summed E-state index contributed by atoms with van der Waals surface area (Å²) in [5, 5.41) is 4.49. The second kappa shape index (κ2) is 6.31. The van der Waals surface area contributed by atoms with Crippen molar-refractivity contribution in [3.05, 3.63) is 78.4 Å². The molecule has 0 aliphatic carbocycles. The Morgan fingerprint density at radius 3 is 2.43 bits per heavy atom. The van der Waals surface area contributed by atoms with Gasteiger partial charge in [-0.1, -0.05) is 30.3 Å². The standard InChI is InChI=1S/C21H16N6O/c22-20(28)21-24-16-10-15-18(11-17(16)25-21)27(12-13-4-2-1-3-5-13)26-19(15)14-6-8-23-9-7-14/h1-11,26H,12H2,(H2,22,28). The predicted molar refractivity (Wildman–Crippen MR) is 107 cm³/mol. The minimum Gasteiger partial charge on any atom is -0.363 e. The zero-order chi connectivity index (χ0) is 19.1. The molecule has 0 fully saturated rings. The number of hydrogen-bond donors (Lipinski definition) is 2. The SMILES string of the molecule is NC(=O)c1nc2cc3c(-c4ccncc4)[nH]n(Cc4ccccc4)c3cc2n1. The van der Waals surface area contributed by atoms with Gasteiger partial charge in [0, 0.05) is 23.3 Å². The molecule has 5 aromatic rings. The summed E-state index contributed by atoms with van der Waals surface area (Å²) in [5.41, 5.74) is 10.7. The number of carbonyl (C=O) groups excluding carboxylic acids is 1. The largest absolute Gasteiger partial charge is 0.363 e. The van der Waals surface area contributed by atoms with Gasteiger partial charge in [0.1, 0.15) is 0 Å². The van der Waals surface area contributed by atoms with E-state index in [0.717, 1.165) is 22.2 Å². The summed E-state index contributed by atoms with van der Waals surface area (Å²) in [6.45, 7) is 0.671. The van der Waals surface area contributed by atoms with E-state index < -0.39 is 5.91 Å². The highest BCUT2D eigenvalue weighted by Crippen LogP contribution is 2.31. The molecule has 2 aromatic carbocycles. The van der Waals surface area contributed by atoms with Gasteiger partial charge in [-0.2, -0.15) is 0 Å². The molecule has 7 heteroatoms. The summed E-state index contributed by atoms with van der Waals surface area (Å²) in [6.07, 6.45) is 3.52. The molecule has 0 atom stereocenters. The number of aromatic nitrogens is 5. The number of amides is 1. The normalized spacial score (nSPS) is 11.3. The van der Waals surface area contributed by atoms with Crippen molar-refractivity contribution in [3.8, 4) is 11.3 Å². The lowest BCUT2D eigenvalue weighted by molar-refractivity contribution is 0.0991. The van der Waals surface area contributed by atoms with Crippen LogP contribution in [0.5, 0.6) is 0 Å². The van der Waals surface area contributed by atoms with Gasteiger partial charge >= 0.3 is 0 Å². The Kier molecular flexibility index (Phi) is 3.65. The van der Waals surface area contributed by atoms with Crippen LogP contribution in [0.2, 0.25) is 0 Å². The maximum Gasteiger partial charge on any atom is 0.286 e. The number of nitrogens with one attached hydrogen (secondary N) is 1. The fourth-order valence-corrected chi connectivity index (χ4v) is 3.42. The monoisotopic (exact) mass is 368 g/mol. The molecule has 0 radical (unpaired) electrons. The van der Waals surface area contributed by atoms with E-state index in [1.807, 2.05) is 42.5 Å². The van der Waals surface area contributed by atoms with Crippen molar-refractivity contribution in [2.24, 2.45) is 5.73 Å². The summed E-state index contributed by atoms with van der Waals surface area (Å²) < 4.78 is 2.07. The molecule has 7 nitrogen and oxygen atoms in total. The lowest BCUT2D eigenvalue weighted by Gasteiger charge is -2.05. The Hall–Kier alpha value is -4.00. The van der Waals surface area contributed by atoms with E-state index in [0.29, 0.717) is 17.6 Å². The zero-order valence-electron chi connectivity index (χ0n) is 14.8. The summed E-state index contributed by atoms with van der Waals surface area (Å²) in [4.78, 5) is 24.1. The van der Waals surface area contributed by atoms with Crippen molar-refractivity contribution in [1.82, 2.24) is 24.7 Å². The first-order valence-corrected chi connectivity index (χ1v) is 8.83. The van der Waals surface area contributed by atoms with Gasteiger partial charge in [-0.15, -0.1) is 0 Å². The van der Waals surface area contributed by atoms with E-state index in [2.05, 4.69) is 36.9 Å². The van der Waals surface area contributed by atoms with Crippen molar-refractivity contribution in [3.63, 3.8) is 0 Å². The van der Waals surface area contributed by atoms with Gasteiger partial charge in [-0.25, -0.2) is 9.97 Å². The first-order chi connectivity index (χ1) is 13.7. The number of primary amides is 1. The Bertz CT molecular complexity index is 1300. The molecule has 3 aromatic heterocycles. The van der Waals surface area contributed by atoms with Gasteiger partial charge in [0.15, 0.2) is 0 Å². The zero-order valence-corrected chi connectivity index (χ0v) is 14.8. The molecule has 0 saturated heterocycles. The molecule has 3 N–H and O–H groups in total. The lowest BCUT2D eigenvalue weighted by atomic mass is 10.1. The van der Waals surface area contributed by atoms with Crippen molar-refractivity contribution in [2.45, 2.75) is 6.54 Å². The number of fused-ring (bicyclic) bond motifs is 2. The summed E-state index contributed by atoms with van der Waals surface area (Å²) in [5.74, 6) is -0.597. The summed E-state index contributed by atoms with van der Waals surface area (Å²) >= 11 is 0. The van der Waals surface area contributed by atoms with E-state index in [1.54, 1.807) is 12.4 Å². The highest BCUT2D eigenvalue weighted by molar-refractivity contribution is 6.02. The molecule has 0 aliphatic rings. The van der Waals surface area contributed by atoms with E-state index in [4.69, 9.17) is 5.73 Å². The Morgan fingerprint density at radius 1 is 1.00 bits per heavy atom. The van der Waals surface area contributed by atoms with Crippen LogP contribution >= 0.6 is 0 Å². The van der Waals surface area contributed by atoms with Crippen LogP contribution in [-0.4, -0.2) is 30.6 Å². The first kappa shape index (κ1) is 16.2. The van der Waals surface area contributed by atoms with Crippen LogP contribution in [-0.2, 0) is 6.54 Å². The number of carbonyl (C=O) groups is 1. The highest BCUT2D eigenvalue weighted by atomic mass is 16.1. The molecular formula is C21H16N6O. The number of H-pyrrole nitrogens is 1. The smallest absolute Gasteiger partial charge is 0.286 e. The molecule has 1 amide bonds. The summed E-state index contributed by atoms with van der Waals surface area (Å²) in [6, 6.07) is 18.0. The van der Waals surface area contributed by atoms with Crippen LogP contribution in [0.1, 0.15) is 16.2 Å². The fourth-order valence-electron chi connectivity index (χ4n) is 3.42. The Balaban J connectivity index is 1.76. The molecule has 136 valence electrons. The van der Waals surface area contributed by atoms with Crippen LogP contribution in [0.25, 0.3) is 33.2 Å².